The molecule has 0 amide bonds. The van der Waals surface area contributed by atoms with E-state index in [2.05, 4.69) is 22.6 Å². The smallest absolute Gasteiger partial charge is 0.0898 e. The lowest BCUT2D eigenvalue weighted by atomic mass is 9.75. The van der Waals surface area contributed by atoms with Crippen LogP contribution in [0.4, 0.5) is 0 Å². The van der Waals surface area contributed by atoms with E-state index in [9.17, 15) is 0 Å². The van der Waals surface area contributed by atoms with E-state index < -0.39 is 0 Å². The number of hydrogen-bond acceptors (Lipinski definition) is 3. The van der Waals surface area contributed by atoms with E-state index in [0.29, 0.717) is 0 Å². The second kappa shape index (κ2) is 6.12. The molecule has 1 heterocycles. The molecule has 0 unspecified atom stereocenters. The highest BCUT2D eigenvalue weighted by atomic mass is 32.1. The van der Waals surface area contributed by atoms with Gasteiger partial charge < -0.3 is 5.32 Å². The van der Waals surface area contributed by atoms with Gasteiger partial charge >= 0.3 is 0 Å². The van der Waals surface area contributed by atoms with Gasteiger partial charge in [0.2, 0.25) is 0 Å². The van der Waals surface area contributed by atoms with E-state index in [0.717, 1.165) is 0 Å². The second-order valence-electron chi connectivity index (χ2n) is 4.59. The molecule has 3 heteroatoms. The van der Waals surface area contributed by atoms with Crippen LogP contribution >= 0.6 is 11.3 Å². The number of nitrogens with zero attached hydrogens (tertiary/aromatic N) is 1. The zero-order valence-corrected chi connectivity index (χ0v) is 11.8. The third-order valence-electron chi connectivity index (χ3n) is 3.46. The highest BCUT2D eigenvalue weighted by molar-refractivity contribution is 7.09. The van der Waals surface area contributed by atoms with Crippen LogP contribution < -0.4 is 5.32 Å². The van der Waals surface area contributed by atoms with Crippen LogP contribution in [0.25, 0.3) is 0 Å². The summed E-state index contributed by atoms with van der Waals surface area (Å²) in [4.78, 5) is 4.53. The minimum atomic E-state index is 0.227. The maximum atomic E-state index is 4.53. The second-order valence-corrected chi connectivity index (χ2v) is 5.65. The molecule has 0 aliphatic heterocycles. The highest BCUT2D eigenvalue weighted by Gasteiger charge is 2.38. The molecular formula is C15H20N2S. The van der Waals surface area contributed by atoms with Gasteiger partial charge in [0.1, 0.15) is 0 Å². The third kappa shape index (κ3) is 2.98. The normalized spacial score (nSPS) is 16.3. The molecule has 2 nitrogen and oxygen atoms in total. The summed E-state index contributed by atoms with van der Waals surface area (Å²) in [5, 5.41) is 6.75. The van der Waals surface area contributed by atoms with Crippen molar-refractivity contribution in [3.63, 3.8) is 0 Å². The molecule has 1 aromatic carbocycles. The fraction of sp³-hybridized carbons (Fsp3) is 0.400. The Hall–Kier alpha value is -1.19. The van der Waals surface area contributed by atoms with Gasteiger partial charge in [-0.15, -0.1) is 11.3 Å². The Balaban J connectivity index is 0.000000169. The van der Waals surface area contributed by atoms with Gasteiger partial charge in [0.15, 0.2) is 0 Å². The van der Waals surface area contributed by atoms with Gasteiger partial charge in [-0.1, -0.05) is 36.4 Å². The van der Waals surface area contributed by atoms with Crippen molar-refractivity contribution >= 4 is 11.3 Å². The topological polar surface area (TPSA) is 24.9 Å². The van der Waals surface area contributed by atoms with Crippen LogP contribution in [0.2, 0.25) is 0 Å². The fourth-order valence-electron chi connectivity index (χ4n) is 2.13. The molecule has 1 aliphatic rings. The van der Waals surface area contributed by atoms with Crippen LogP contribution in [-0.4, -0.2) is 12.0 Å². The first-order chi connectivity index (χ1) is 8.77. The van der Waals surface area contributed by atoms with Crippen molar-refractivity contribution in [2.75, 3.05) is 7.05 Å². The molecule has 0 bridgehead atoms. The maximum absolute atomic E-state index is 4.53. The lowest BCUT2D eigenvalue weighted by Gasteiger charge is -2.40. The first-order valence-electron chi connectivity index (χ1n) is 6.38. The zero-order chi connectivity index (χ0) is 12.8. The number of benzene rings is 1. The average Bonchev–Trinajstić information content (AvgIpc) is 2.79. The molecule has 96 valence electrons. The van der Waals surface area contributed by atoms with Gasteiger partial charge in [0.05, 0.1) is 16.2 Å². The molecule has 0 saturated heterocycles. The van der Waals surface area contributed by atoms with Crippen LogP contribution in [0.15, 0.2) is 41.8 Å². The lowest BCUT2D eigenvalue weighted by molar-refractivity contribution is 0.195. The average molecular weight is 260 g/mol. The largest absolute Gasteiger partial charge is 0.309 e. The summed E-state index contributed by atoms with van der Waals surface area (Å²) in [5.74, 6) is 0. The number of aryl methyl sites for hydroxylation is 1. The fourth-order valence-corrected chi connectivity index (χ4v) is 2.84. The van der Waals surface area contributed by atoms with Gasteiger partial charge in [-0.2, -0.15) is 0 Å². The van der Waals surface area contributed by atoms with E-state index in [4.69, 9.17) is 0 Å². The van der Waals surface area contributed by atoms with Crippen LogP contribution in [0, 0.1) is 6.92 Å². The lowest BCUT2D eigenvalue weighted by Crippen LogP contribution is -2.46. The molecular weight excluding hydrogens is 240 g/mol. The summed E-state index contributed by atoms with van der Waals surface area (Å²) < 4.78 is 0. The Labute approximate surface area is 113 Å². The number of thiazole rings is 1. The van der Waals surface area contributed by atoms with Crippen LogP contribution in [0.1, 0.15) is 30.0 Å². The SMILES string of the molecule is CNC1(c2csc(C)n2)CCC1.c1ccccc1. The first-order valence-corrected chi connectivity index (χ1v) is 7.26. The summed E-state index contributed by atoms with van der Waals surface area (Å²) >= 11 is 1.74. The van der Waals surface area contributed by atoms with Crippen molar-refractivity contribution in [2.24, 2.45) is 0 Å². The monoisotopic (exact) mass is 260 g/mol. The van der Waals surface area contributed by atoms with Crippen molar-refractivity contribution in [1.29, 1.82) is 0 Å². The summed E-state index contributed by atoms with van der Waals surface area (Å²) in [6.45, 7) is 2.07. The molecule has 1 N–H and O–H groups in total. The minimum Gasteiger partial charge on any atom is -0.309 e. The Morgan fingerprint density at radius 2 is 1.67 bits per heavy atom. The van der Waals surface area contributed by atoms with Crippen molar-refractivity contribution in [3.05, 3.63) is 52.5 Å². The molecule has 3 rings (SSSR count). The maximum Gasteiger partial charge on any atom is 0.0898 e. The number of hydrogen-bond donors (Lipinski definition) is 1. The van der Waals surface area contributed by atoms with E-state index in [1.807, 2.05) is 43.4 Å². The summed E-state index contributed by atoms with van der Waals surface area (Å²) in [7, 11) is 2.04. The van der Waals surface area contributed by atoms with E-state index >= 15 is 0 Å². The van der Waals surface area contributed by atoms with Gasteiger partial charge in [-0.25, -0.2) is 4.98 Å². The molecule has 1 fully saturated rings. The minimum absolute atomic E-state index is 0.227. The Morgan fingerprint density at radius 3 is 1.94 bits per heavy atom. The first kappa shape index (κ1) is 13.2. The standard InChI is InChI=1S/C9H14N2S.C6H6/c1-7-11-8(6-12-7)9(10-2)4-3-5-9;1-2-4-6-5-3-1/h6,10H,3-5H2,1-2H3;1-6H. The quantitative estimate of drug-likeness (QED) is 0.890. The summed E-state index contributed by atoms with van der Waals surface area (Å²) in [5.41, 5.74) is 1.48. The Kier molecular flexibility index (Phi) is 4.50. The Bertz CT molecular complexity index is 428. The molecule has 0 atom stereocenters. The van der Waals surface area contributed by atoms with Crippen LogP contribution in [-0.2, 0) is 5.54 Å². The molecule has 18 heavy (non-hydrogen) atoms. The van der Waals surface area contributed by atoms with Crippen molar-refractivity contribution < 1.29 is 0 Å². The zero-order valence-electron chi connectivity index (χ0n) is 11.0. The van der Waals surface area contributed by atoms with E-state index in [-0.39, 0.29) is 5.54 Å². The van der Waals surface area contributed by atoms with Gasteiger partial charge in [0, 0.05) is 5.38 Å². The van der Waals surface area contributed by atoms with Crippen molar-refractivity contribution in [2.45, 2.75) is 31.7 Å². The molecule has 0 radical (unpaired) electrons. The molecule has 1 aromatic heterocycles. The van der Waals surface area contributed by atoms with E-state index in [1.54, 1.807) is 11.3 Å². The summed E-state index contributed by atoms with van der Waals surface area (Å²) in [6, 6.07) is 12.0. The predicted molar refractivity (Wildman–Crippen MR) is 77.9 cm³/mol. The van der Waals surface area contributed by atoms with Gasteiger partial charge in [0.25, 0.3) is 0 Å². The van der Waals surface area contributed by atoms with Crippen molar-refractivity contribution in [1.82, 2.24) is 10.3 Å². The number of rotatable bonds is 2. The molecule has 2 aromatic rings. The van der Waals surface area contributed by atoms with Gasteiger partial charge in [-0.05, 0) is 33.2 Å². The summed E-state index contributed by atoms with van der Waals surface area (Å²) in [6.07, 6.45) is 3.82. The molecule has 1 aliphatic carbocycles. The van der Waals surface area contributed by atoms with Crippen molar-refractivity contribution in [3.8, 4) is 0 Å². The van der Waals surface area contributed by atoms with Gasteiger partial charge in [-0.3, -0.25) is 0 Å². The highest BCUT2D eigenvalue weighted by Crippen LogP contribution is 2.40. The van der Waals surface area contributed by atoms with Crippen LogP contribution in [0.3, 0.4) is 0 Å². The Morgan fingerprint density at radius 1 is 1.11 bits per heavy atom. The number of nitrogens with one attached hydrogen (secondary N) is 1. The van der Waals surface area contributed by atoms with Crippen LogP contribution in [0.5, 0.6) is 0 Å². The predicted octanol–water partition coefficient (Wildman–Crippen LogP) is 3.74. The van der Waals surface area contributed by atoms with E-state index in [1.165, 1.54) is 30.0 Å². The molecule has 1 saturated carbocycles. The number of aromatic nitrogens is 1. The molecule has 0 spiro atoms. The third-order valence-corrected chi connectivity index (χ3v) is 4.24.